The van der Waals surface area contributed by atoms with E-state index in [1.54, 1.807) is 22.9 Å². The summed E-state index contributed by atoms with van der Waals surface area (Å²) in [5.74, 6) is -0.0459. The van der Waals surface area contributed by atoms with Gasteiger partial charge in [-0.05, 0) is 71.9 Å². The van der Waals surface area contributed by atoms with Crippen molar-refractivity contribution in [2.45, 2.75) is 71.4 Å². The highest BCUT2D eigenvalue weighted by Crippen LogP contribution is 2.31. The van der Waals surface area contributed by atoms with Crippen LogP contribution >= 0.6 is 0 Å². The number of H-pyrrole nitrogens is 1. The van der Waals surface area contributed by atoms with Crippen LogP contribution in [0, 0.1) is 0 Å². The van der Waals surface area contributed by atoms with Gasteiger partial charge in [-0.25, -0.2) is 19.1 Å². The number of ether oxygens (including phenoxy) is 3. The van der Waals surface area contributed by atoms with Crippen LogP contribution in [-0.2, 0) is 27.3 Å². The number of aromatic amines is 1. The minimum Gasteiger partial charge on any atom is -0.431 e. The summed E-state index contributed by atoms with van der Waals surface area (Å²) in [7, 11) is 0. The van der Waals surface area contributed by atoms with Gasteiger partial charge in [-0.3, -0.25) is 4.57 Å². The number of fused-ring (bicyclic) bond motifs is 1. The highest BCUT2D eigenvalue weighted by atomic mass is 16.8. The normalized spacial score (nSPS) is 14.3. The number of hydrogen-bond donors (Lipinski definition) is 1. The van der Waals surface area contributed by atoms with E-state index >= 15 is 0 Å². The summed E-state index contributed by atoms with van der Waals surface area (Å²) in [5.41, 5.74) is 4.38. The molecule has 1 aliphatic rings. The molecule has 0 amide bonds. The minimum atomic E-state index is -1.18. The number of nitrogens with zero attached hydrogens (tertiary/aromatic N) is 5. The van der Waals surface area contributed by atoms with Crippen LogP contribution in [0.4, 0.5) is 4.79 Å². The summed E-state index contributed by atoms with van der Waals surface area (Å²) in [4.78, 5) is 41.3. The Bertz CT molecular complexity index is 1870. The quantitative estimate of drug-likeness (QED) is 0.164. The molecular formula is C33H34N6O6. The standard InChI is InChI=1S/C33H34N6O6/c1-3-39-30(35-36-37-39)26-13-8-7-12-25(26)23-18-16-22(17-19-23)20-38-29-27(14-9-15-28(29)34-32(38)41)31(40)43-21(2)44-33(42)45-24-10-5-4-6-11-24/h7-9,12-19,21,24H,3-6,10-11,20H2,1-2H3,(H,34,41)/t21-/m0/s1. The van der Waals surface area contributed by atoms with E-state index in [1.165, 1.54) is 11.5 Å². The molecule has 3 aromatic carbocycles. The molecule has 0 radical (unpaired) electrons. The molecule has 1 saturated carbocycles. The number of benzene rings is 3. The van der Waals surface area contributed by atoms with Gasteiger partial charge in [0.2, 0.25) is 6.29 Å². The van der Waals surface area contributed by atoms with Gasteiger partial charge in [0.05, 0.1) is 23.1 Å². The Morgan fingerprint density at radius 3 is 2.47 bits per heavy atom. The molecule has 0 spiro atoms. The van der Waals surface area contributed by atoms with E-state index in [2.05, 4.69) is 20.5 Å². The van der Waals surface area contributed by atoms with Gasteiger partial charge in [0.15, 0.2) is 5.82 Å². The van der Waals surface area contributed by atoms with Crippen LogP contribution in [0.25, 0.3) is 33.5 Å². The predicted octanol–water partition coefficient (Wildman–Crippen LogP) is 5.71. The predicted molar refractivity (Wildman–Crippen MR) is 165 cm³/mol. The smallest absolute Gasteiger partial charge is 0.431 e. The van der Waals surface area contributed by atoms with Gasteiger partial charge in [0, 0.05) is 19.0 Å². The maximum Gasteiger partial charge on any atom is 0.511 e. The number of aryl methyl sites for hydroxylation is 1. The van der Waals surface area contributed by atoms with Crippen LogP contribution in [-0.4, -0.2) is 54.3 Å². The highest BCUT2D eigenvalue weighted by molar-refractivity contribution is 6.02. The fourth-order valence-electron chi connectivity index (χ4n) is 5.77. The molecule has 1 fully saturated rings. The van der Waals surface area contributed by atoms with Crippen molar-refractivity contribution in [3.05, 3.63) is 88.3 Å². The zero-order chi connectivity index (χ0) is 31.3. The van der Waals surface area contributed by atoms with E-state index in [-0.39, 0.29) is 23.9 Å². The molecule has 6 rings (SSSR count). The number of carbonyl (C=O) groups excluding carboxylic acids is 2. The largest absolute Gasteiger partial charge is 0.511 e. The molecule has 1 N–H and O–H groups in total. The third-order valence-corrected chi connectivity index (χ3v) is 7.97. The maximum atomic E-state index is 13.2. The molecule has 0 unspecified atom stereocenters. The number of nitrogens with one attached hydrogen (secondary N) is 1. The average Bonchev–Trinajstić information content (AvgIpc) is 3.65. The summed E-state index contributed by atoms with van der Waals surface area (Å²) in [6.45, 7) is 4.28. The second-order valence-electron chi connectivity index (χ2n) is 11.0. The molecule has 0 aliphatic heterocycles. The van der Waals surface area contributed by atoms with Crippen LogP contribution in [0.15, 0.2) is 71.5 Å². The lowest BCUT2D eigenvalue weighted by molar-refractivity contribution is -0.0914. The molecule has 1 atom stereocenters. The summed E-state index contributed by atoms with van der Waals surface area (Å²) in [6, 6.07) is 20.7. The molecular weight excluding hydrogens is 576 g/mol. The van der Waals surface area contributed by atoms with Crippen molar-refractivity contribution in [2.24, 2.45) is 0 Å². The topological polar surface area (TPSA) is 143 Å². The van der Waals surface area contributed by atoms with Gasteiger partial charge in [-0.15, -0.1) is 5.10 Å². The van der Waals surface area contributed by atoms with Crippen LogP contribution in [0.1, 0.15) is 61.9 Å². The lowest BCUT2D eigenvalue weighted by Crippen LogP contribution is -2.27. The van der Waals surface area contributed by atoms with Gasteiger partial charge in [0.25, 0.3) is 0 Å². The monoisotopic (exact) mass is 610 g/mol. The summed E-state index contributed by atoms with van der Waals surface area (Å²) in [6.07, 6.45) is 2.51. The number of para-hydroxylation sites is 1. The van der Waals surface area contributed by atoms with Gasteiger partial charge in [0.1, 0.15) is 6.10 Å². The summed E-state index contributed by atoms with van der Waals surface area (Å²) < 4.78 is 19.2. The third kappa shape index (κ3) is 6.49. The van der Waals surface area contributed by atoms with Crippen molar-refractivity contribution >= 4 is 23.2 Å². The lowest BCUT2D eigenvalue weighted by atomic mass is 9.98. The van der Waals surface area contributed by atoms with Crippen molar-refractivity contribution in [2.75, 3.05) is 0 Å². The van der Waals surface area contributed by atoms with Crippen LogP contribution in [0.5, 0.6) is 0 Å². The van der Waals surface area contributed by atoms with Gasteiger partial charge in [-0.2, -0.15) is 0 Å². The zero-order valence-corrected chi connectivity index (χ0v) is 25.1. The Hall–Kier alpha value is -5.26. The molecule has 232 valence electrons. The van der Waals surface area contributed by atoms with Crippen molar-refractivity contribution in [1.82, 2.24) is 29.8 Å². The van der Waals surface area contributed by atoms with E-state index in [0.29, 0.717) is 23.4 Å². The Morgan fingerprint density at radius 2 is 1.71 bits per heavy atom. The van der Waals surface area contributed by atoms with Crippen LogP contribution < -0.4 is 5.69 Å². The Kier molecular flexibility index (Phi) is 8.72. The molecule has 2 heterocycles. The molecule has 2 aromatic heterocycles. The Labute approximate surface area is 258 Å². The average molecular weight is 611 g/mol. The van der Waals surface area contributed by atoms with E-state index in [9.17, 15) is 14.4 Å². The number of hydrogen-bond acceptors (Lipinski definition) is 9. The third-order valence-electron chi connectivity index (χ3n) is 7.97. The number of aromatic nitrogens is 6. The van der Waals surface area contributed by atoms with Crippen LogP contribution in [0.2, 0.25) is 0 Å². The minimum absolute atomic E-state index is 0.168. The van der Waals surface area contributed by atoms with Crippen molar-refractivity contribution in [1.29, 1.82) is 0 Å². The maximum absolute atomic E-state index is 13.2. The highest BCUT2D eigenvalue weighted by Gasteiger charge is 2.24. The lowest BCUT2D eigenvalue weighted by Gasteiger charge is -2.22. The Balaban J connectivity index is 1.20. The van der Waals surface area contributed by atoms with Crippen molar-refractivity contribution in [3.8, 4) is 22.5 Å². The Morgan fingerprint density at radius 1 is 0.956 bits per heavy atom. The molecule has 5 aromatic rings. The van der Waals surface area contributed by atoms with Gasteiger partial charge >= 0.3 is 17.8 Å². The number of esters is 1. The number of carbonyl (C=O) groups is 2. The number of tetrazole rings is 1. The SMILES string of the molecule is CCn1nnnc1-c1ccccc1-c1ccc(Cn2c(=O)[nH]c3cccc(C(=O)O[C@H](C)OC(=O)OC4CCCCC4)c32)cc1. The first kappa shape index (κ1) is 29.8. The molecule has 0 bridgehead atoms. The molecule has 1 aliphatic carbocycles. The van der Waals surface area contributed by atoms with Gasteiger partial charge < -0.3 is 19.2 Å². The van der Waals surface area contributed by atoms with E-state index in [1.807, 2.05) is 55.5 Å². The molecule has 12 nitrogen and oxygen atoms in total. The number of imidazole rings is 1. The first-order valence-corrected chi connectivity index (χ1v) is 15.2. The number of rotatable bonds is 9. The first-order chi connectivity index (χ1) is 21.9. The first-order valence-electron chi connectivity index (χ1n) is 15.2. The van der Waals surface area contributed by atoms with Gasteiger partial charge in [-0.1, -0.05) is 61.0 Å². The van der Waals surface area contributed by atoms with E-state index in [0.717, 1.165) is 54.4 Å². The zero-order valence-electron chi connectivity index (χ0n) is 25.1. The van der Waals surface area contributed by atoms with Crippen molar-refractivity contribution in [3.63, 3.8) is 0 Å². The fraction of sp³-hybridized carbons (Fsp3) is 0.333. The summed E-state index contributed by atoms with van der Waals surface area (Å²) >= 11 is 0. The molecule has 0 saturated heterocycles. The second-order valence-corrected chi connectivity index (χ2v) is 11.0. The van der Waals surface area contributed by atoms with E-state index < -0.39 is 18.4 Å². The molecule has 45 heavy (non-hydrogen) atoms. The fourth-order valence-corrected chi connectivity index (χ4v) is 5.77. The summed E-state index contributed by atoms with van der Waals surface area (Å²) in [5, 5.41) is 12.1. The molecule has 12 heteroatoms. The van der Waals surface area contributed by atoms with E-state index in [4.69, 9.17) is 14.2 Å². The van der Waals surface area contributed by atoms with Crippen molar-refractivity contribution < 1.29 is 23.8 Å². The van der Waals surface area contributed by atoms with Crippen LogP contribution in [0.3, 0.4) is 0 Å². The second kappa shape index (κ2) is 13.2.